The number of carbonyl (C=O) groups is 2. The Labute approximate surface area is 119 Å². The first-order valence-corrected chi connectivity index (χ1v) is 7.29. The Morgan fingerprint density at radius 3 is 2.60 bits per heavy atom. The maximum atomic E-state index is 12.3. The number of hydrogen-bond acceptors (Lipinski definition) is 3. The number of carboxylic acids is 1. The van der Waals surface area contributed by atoms with Gasteiger partial charge >= 0.3 is 12.0 Å². The van der Waals surface area contributed by atoms with Gasteiger partial charge in [-0.15, -0.1) is 0 Å². The number of nitrogens with zero attached hydrogens (tertiary/aromatic N) is 1. The van der Waals surface area contributed by atoms with E-state index in [1.54, 1.807) is 0 Å². The lowest BCUT2D eigenvalue weighted by Gasteiger charge is -2.40. The SMILES string of the molecule is CC1(C)CCCCC1NC(=O)N1C[C@@H](O)C[C@H]1C(=O)O. The summed E-state index contributed by atoms with van der Waals surface area (Å²) < 4.78 is 0. The number of aliphatic hydroxyl groups excluding tert-OH is 1. The van der Waals surface area contributed by atoms with Crippen molar-refractivity contribution in [1.82, 2.24) is 10.2 Å². The van der Waals surface area contributed by atoms with Crippen LogP contribution in [0.15, 0.2) is 0 Å². The van der Waals surface area contributed by atoms with Gasteiger partial charge in [0, 0.05) is 19.0 Å². The number of aliphatic hydroxyl groups is 1. The molecule has 2 amide bonds. The molecular formula is C14H24N2O4. The topological polar surface area (TPSA) is 89.9 Å². The maximum absolute atomic E-state index is 12.3. The number of hydrogen-bond donors (Lipinski definition) is 3. The quantitative estimate of drug-likeness (QED) is 0.710. The standard InChI is InChI=1S/C14H24N2O4/c1-14(2)6-4-3-5-11(14)15-13(20)16-8-9(17)7-10(16)12(18)19/h9-11,17H,3-8H2,1-2H3,(H,15,20)(H,18,19)/t9-,10-,11?/m0/s1. The monoisotopic (exact) mass is 284 g/mol. The molecule has 1 aliphatic carbocycles. The highest BCUT2D eigenvalue weighted by molar-refractivity contribution is 5.83. The van der Waals surface area contributed by atoms with Gasteiger partial charge in [-0.05, 0) is 18.3 Å². The Morgan fingerprint density at radius 1 is 1.30 bits per heavy atom. The second-order valence-corrected chi connectivity index (χ2v) is 6.63. The molecule has 6 heteroatoms. The molecule has 1 saturated carbocycles. The summed E-state index contributed by atoms with van der Waals surface area (Å²) >= 11 is 0. The minimum atomic E-state index is -1.06. The summed E-state index contributed by atoms with van der Waals surface area (Å²) in [5.41, 5.74) is 0.0327. The van der Waals surface area contributed by atoms with Crippen molar-refractivity contribution >= 4 is 12.0 Å². The third-order valence-corrected chi connectivity index (χ3v) is 4.63. The van der Waals surface area contributed by atoms with Gasteiger partial charge in [0.15, 0.2) is 0 Å². The Morgan fingerprint density at radius 2 is 2.00 bits per heavy atom. The predicted octanol–water partition coefficient (Wildman–Crippen LogP) is 1.18. The second kappa shape index (κ2) is 5.60. The molecule has 1 aliphatic heterocycles. The first kappa shape index (κ1) is 15.1. The van der Waals surface area contributed by atoms with Crippen LogP contribution in [0.2, 0.25) is 0 Å². The first-order valence-electron chi connectivity index (χ1n) is 7.29. The molecule has 0 aromatic rings. The van der Waals surface area contributed by atoms with Crippen molar-refractivity contribution in [2.45, 2.75) is 64.1 Å². The molecule has 1 saturated heterocycles. The van der Waals surface area contributed by atoms with Crippen molar-refractivity contribution in [3.05, 3.63) is 0 Å². The molecule has 2 rings (SSSR count). The lowest BCUT2D eigenvalue weighted by atomic mass is 9.73. The number of aliphatic carboxylic acids is 1. The zero-order chi connectivity index (χ0) is 14.9. The lowest BCUT2D eigenvalue weighted by Crippen LogP contribution is -2.53. The van der Waals surface area contributed by atoms with Crippen molar-refractivity contribution in [2.75, 3.05) is 6.54 Å². The fourth-order valence-corrected chi connectivity index (χ4v) is 3.27. The third kappa shape index (κ3) is 3.06. The van der Waals surface area contributed by atoms with E-state index >= 15 is 0 Å². The molecule has 20 heavy (non-hydrogen) atoms. The molecule has 1 unspecified atom stereocenters. The van der Waals surface area contributed by atoms with Crippen LogP contribution in [0.5, 0.6) is 0 Å². The van der Waals surface area contributed by atoms with E-state index in [0.717, 1.165) is 19.3 Å². The Bertz CT molecular complexity index is 397. The Balaban J connectivity index is 2.02. The summed E-state index contributed by atoms with van der Waals surface area (Å²) in [6.45, 7) is 4.35. The average molecular weight is 284 g/mol. The normalized spacial score (nSPS) is 33.0. The van der Waals surface area contributed by atoms with Crippen molar-refractivity contribution in [2.24, 2.45) is 5.41 Å². The number of β-amino-alcohol motifs (C(OH)–C–C–N with tert-alkyl or cyclic N) is 1. The molecule has 3 N–H and O–H groups in total. The Hall–Kier alpha value is -1.30. The van der Waals surface area contributed by atoms with Crippen LogP contribution < -0.4 is 5.32 Å². The highest BCUT2D eigenvalue weighted by Crippen LogP contribution is 2.35. The van der Waals surface area contributed by atoms with Crippen molar-refractivity contribution in [3.8, 4) is 0 Å². The fourth-order valence-electron chi connectivity index (χ4n) is 3.27. The van der Waals surface area contributed by atoms with Crippen LogP contribution in [0.4, 0.5) is 4.79 Å². The van der Waals surface area contributed by atoms with Gasteiger partial charge in [0.25, 0.3) is 0 Å². The first-order chi connectivity index (χ1) is 9.31. The molecule has 0 aromatic heterocycles. The van der Waals surface area contributed by atoms with Crippen LogP contribution in [-0.2, 0) is 4.79 Å². The summed E-state index contributed by atoms with van der Waals surface area (Å²) in [5, 5.41) is 21.7. The number of carboxylic acid groups (broad SMARTS) is 1. The molecule has 1 heterocycles. The summed E-state index contributed by atoms with van der Waals surface area (Å²) in [6.07, 6.45) is 3.59. The van der Waals surface area contributed by atoms with Crippen LogP contribution in [-0.4, -0.2) is 51.8 Å². The van der Waals surface area contributed by atoms with E-state index in [-0.39, 0.29) is 30.5 Å². The minimum Gasteiger partial charge on any atom is -0.480 e. The van der Waals surface area contributed by atoms with Crippen molar-refractivity contribution in [3.63, 3.8) is 0 Å². The molecule has 0 spiro atoms. The average Bonchev–Trinajstić information content (AvgIpc) is 2.74. The zero-order valence-electron chi connectivity index (χ0n) is 12.1. The zero-order valence-corrected chi connectivity index (χ0v) is 12.1. The molecule has 3 atom stereocenters. The summed E-state index contributed by atoms with van der Waals surface area (Å²) in [5.74, 6) is -1.06. The molecule has 0 radical (unpaired) electrons. The molecule has 2 aliphatic rings. The summed E-state index contributed by atoms with van der Waals surface area (Å²) in [6, 6.07) is -1.22. The van der Waals surface area contributed by atoms with Gasteiger partial charge in [0.1, 0.15) is 6.04 Å². The number of urea groups is 1. The number of carbonyl (C=O) groups excluding carboxylic acids is 1. The molecule has 0 aromatic carbocycles. The highest BCUT2D eigenvalue weighted by atomic mass is 16.4. The van der Waals surface area contributed by atoms with Crippen molar-refractivity contribution in [1.29, 1.82) is 0 Å². The van der Waals surface area contributed by atoms with E-state index < -0.39 is 18.1 Å². The van der Waals surface area contributed by atoms with Gasteiger partial charge in [-0.3, -0.25) is 0 Å². The summed E-state index contributed by atoms with van der Waals surface area (Å²) in [7, 11) is 0. The van der Waals surface area contributed by atoms with Gasteiger partial charge in [0.2, 0.25) is 0 Å². The van der Waals surface area contributed by atoms with Gasteiger partial charge in [0.05, 0.1) is 6.10 Å². The number of nitrogens with one attached hydrogen (secondary N) is 1. The van der Waals surface area contributed by atoms with Gasteiger partial charge in [-0.2, -0.15) is 0 Å². The third-order valence-electron chi connectivity index (χ3n) is 4.63. The van der Waals surface area contributed by atoms with E-state index in [4.69, 9.17) is 5.11 Å². The molecule has 0 bridgehead atoms. The largest absolute Gasteiger partial charge is 0.480 e. The van der Waals surface area contributed by atoms with Crippen LogP contribution in [0.25, 0.3) is 0 Å². The summed E-state index contributed by atoms with van der Waals surface area (Å²) in [4.78, 5) is 24.7. The van der Waals surface area contributed by atoms with Crippen LogP contribution in [0, 0.1) is 5.41 Å². The second-order valence-electron chi connectivity index (χ2n) is 6.63. The number of rotatable bonds is 2. The van der Waals surface area contributed by atoms with E-state index in [2.05, 4.69) is 19.2 Å². The lowest BCUT2D eigenvalue weighted by molar-refractivity contribution is -0.141. The smallest absolute Gasteiger partial charge is 0.326 e. The minimum absolute atomic E-state index is 0.0327. The van der Waals surface area contributed by atoms with E-state index in [1.165, 1.54) is 11.3 Å². The van der Waals surface area contributed by atoms with Crippen LogP contribution in [0.1, 0.15) is 46.0 Å². The molecule has 114 valence electrons. The van der Waals surface area contributed by atoms with Crippen LogP contribution >= 0.6 is 0 Å². The molecule has 6 nitrogen and oxygen atoms in total. The predicted molar refractivity (Wildman–Crippen MR) is 73.3 cm³/mol. The van der Waals surface area contributed by atoms with E-state index in [9.17, 15) is 14.7 Å². The van der Waals surface area contributed by atoms with Gasteiger partial charge < -0.3 is 20.4 Å². The molecule has 2 fully saturated rings. The molecular weight excluding hydrogens is 260 g/mol. The Kier molecular flexibility index (Phi) is 4.22. The highest BCUT2D eigenvalue weighted by Gasteiger charge is 2.41. The van der Waals surface area contributed by atoms with Crippen LogP contribution in [0.3, 0.4) is 0 Å². The fraction of sp³-hybridized carbons (Fsp3) is 0.857. The van der Waals surface area contributed by atoms with Gasteiger partial charge in [-0.1, -0.05) is 26.7 Å². The van der Waals surface area contributed by atoms with Crippen molar-refractivity contribution < 1.29 is 19.8 Å². The van der Waals surface area contributed by atoms with E-state index in [0.29, 0.717) is 0 Å². The number of amides is 2. The maximum Gasteiger partial charge on any atom is 0.326 e. The van der Waals surface area contributed by atoms with Gasteiger partial charge in [-0.25, -0.2) is 9.59 Å². The van der Waals surface area contributed by atoms with E-state index in [1.807, 2.05) is 0 Å². The number of likely N-dealkylation sites (tertiary alicyclic amines) is 1.